The van der Waals surface area contributed by atoms with E-state index in [9.17, 15) is 4.79 Å². The number of fused-ring (bicyclic) bond motifs is 1. The molecular weight excluding hydrogens is 442 g/mol. The Morgan fingerprint density at radius 1 is 1.07 bits per heavy atom. The van der Waals surface area contributed by atoms with Gasteiger partial charge in [0.25, 0.3) is 5.91 Å². The van der Waals surface area contributed by atoms with Crippen LogP contribution in [0.15, 0.2) is 77.3 Å². The van der Waals surface area contributed by atoms with E-state index < -0.39 is 0 Å². The van der Waals surface area contributed by atoms with Gasteiger partial charge in [-0.3, -0.25) is 4.79 Å². The molecule has 0 atom stereocenters. The van der Waals surface area contributed by atoms with Gasteiger partial charge >= 0.3 is 0 Å². The van der Waals surface area contributed by atoms with E-state index in [1.54, 1.807) is 12.1 Å². The molecule has 0 aliphatic heterocycles. The van der Waals surface area contributed by atoms with Crippen LogP contribution in [0.5, 0.6) is 5.75 Å². The molecule has 0 aliphatic carbocycles. The van der Waals surface area contributed by atoms with Crippen molar-refractivity contribution >= 4 is 32.9 Å². The predicted molar refractivity (Wildman–Crippen MR) is 122 cm³/mol. The number of amides is 1. The van der Waals surface area contributed by atoms with E-state index in [1.165, 1.54) is 0 Å². The molecule has 0 fully saturated rings. The first-order valence-electron chi connectivity index (χ1n) is 9.77. The monoisotopic (exact) mass is 463 g/mol. The van der Waals surface area contributed by atoms with E-state index in [0.717, 1.165) is 32.6 Å². The van der Waals surface area contributed by atoms with Gasteiger partial charge in [-0.2, -0.15) is 0 Å². The number of carbonyl (C=O) groups excluding carboxylic acids is 1. The molecule has 5 nitrogen and oxygen atoms in total. The summed E-state index contributed by atoms with van der Waals surface area (Å²) < 4.78 is 8.91. The number of aromatic nitrogens is 2. The number of nitrogens with one attached hydrogen (secondary N) is 1. The molecule has 30 heavy (non-hydrogen) atoms. The lowest BCUT2D eigenvalue weighted by molar-refractivity contribution is 0.0949. The maximum Gasteiger partial charge on any atom is 0.251 e. The van der Waals surface area contributed by atoms with Gasteiger partial charge in [-0.25, -0.2) is 4.98 Å². The zero-order chi connectivity index (χ0) is 20.9. The van der Waals surface area contributed by atoms with Crippen LogP contribution in [0.3, 0.4) is 0 Å². The third kappa shape index (κ3) is 4.71. The molecule has 4 aromatic rings. The number of ether oxygens (including phenoxy) is 1. The van der Waals surface area contributed by atoms with E-state index in [-0.39, 0.29) is 5.91 Å². The van der Waals surface area contributed by atoms with Gasteiger partial charge in [0.15, 0.2) is 0 Å². The molecule has 1 heterocycles. The second kappa shape index (κ2) is 9.13. The Labute approximate surface area is 183 Å². The average molecular weight is 464 g/mol. The minimum absolute atomic E-state index is 0.133. The van der Waals surface area contributed by atoms with Crippen LogP contribution < -0.4 is 10.1 Å². The molecular formula is C24H22BrN3O2. The number of hydrogen-bond donors (Lipinski definition) is 1. The maximum atomic E-state index is 12.5. The summed E-state index contributed by atoms with van der Waals surface area (Å²) in [6, 6.07) is 23.3. The Morgan fingerprint density at radius 2 is 1.90 bits per heavy atom. The van der Waals surface area contributed by atoms with Crippen LogP contribution in [0.4, 0.5) is 0 Å². The van der Waals surface area contributed by atoms with Gasteiger partial charge < -0.3 is 14.6 Å². The molecule has 0 saturated heterocycles. The van der Waals surface area contributed by atoms with Crippen molar-refractivity contribution < 1.29 is 9.53 Å². The molecule has 0 aliphatic rings. The van der Waals surface area contributed by atoms with Crippen LogP contribution in [-0.2, 0) is 13.1 Å². The van der Waals surface area contributed by atoms with E-state index in [4.69, 9.17) is 9.72 Å². The molecule has 1 amide bonds. The normalized spacial score (nSPS) is 10.9. The topological polar surface area (TPSA) is 56.1 Å². The molecule has 152 valence electrons. The highest BCUT2D eigenvalue weighted by Crippen LogP contribution is 2.18. The molecule has 0 saturated carbocycles. The Hall–Kier alpha value is -3.12. The lowest BCUT2D eigenvalue weighted by Gasteiger charge is -2.12. The van der Waals surface area contributed by atoms with Crippen molar-refractivity contribution in [2.75, 3.05) is 6.61 Å². The van der Waals surface area contributed by atoms with Crippen LogP contribution >= 0.6 is 15.9 Å². The number of imidazole rings is 1. The number of halogens is 1. The first kappa shape index (κ1) is 20.2. The summed E-state index contributed by atoms with van der Waals surface area (Å²) in [5, 5.41) is 2.98. The van der Waals surface area contributed by atoms with Crippen LogP contribution in [0, 0.1) is 6.92 Å². The van der Waals surface area contributed by atoms with Gasteiger partial charge in [0.1, 0.15) is 18.2 Å². The summed E-state index contributed by atoms with van der Waals surface area (Å²) in [6.07, 6.45) is 0. The average Bonchev–Trinajstić information content (AvgIpc) is 3.10. The summed E-state index contributed by atoms with van der Waals surface area (Å²) in [7, 11) is 0. The van der Waals surface area contributed by atoms with Crippen molar-refractivity contribution in [3.8, 4) is 5.75 Å². The summed E-state index contributed by atoms with van der Waals surface area (Å²) in [5.74, 6) is 1.52. The zero-order valence-electron chi connectivity index (χ0n) is 16.6. The fraction of sp³-hybridized carbons (Fsp3) is 0.167. The fourth-order valence-corrected chi connectivity index (χ4v) is 3.76. The van der Waals surface area contributed by atoms with Gasteiger partial charge in [-0.15, -0.1) is 0 Å². The van der Waals surface area contributed by atoms with Crippen molar-refractivity contribution in [2.45, 2.75) is 20.0 Å². The first-order valence-corrected chi connectivity index (χ1v) is 10.6. The Bertz CT molecular complexity index is 1190. The third-order valence-electron chi connectivity index (χ3n) is 4.80. The number of aryl methyl sites for hydroxylation is 1. The van der Waals surface area contributed by atoms with E-state index in [2.05, 4.69) is 25.8 Å². The van der Waals surface area contributed by atoms with E-state index >= 15 is 0 Å². The molecule has 0 radical (unpaired) electrons. The molecule has 1 N–H and O–H groups in total. The minimum atomic E-state index is -0.133. The number of rotatable bonds is 7. The lowest BCUT2D eigenvalue weighted by atomic mass is 10.2. The maximum absolute atomic E-state index is 12.5. The minimum Gasteiger partial charge on any atom is -0.492 e. The van der Waals surface area contributed by atoms with Gasteiger partial charge in [0.05, 0.1) is 24.1 Å². The highest BCUT2D eigenvalue weighted by atomic mass is 79.9. The Kier molecular flexibility index (Phi) is 6.14. The van der Waals surface area contributed by atoms with Gasteiger partial charge in [0.2, 0.25) is 0 Å². The number of hydrogen-bond acceptors (Lipinski definition) is 3. The van der Waals surface area contributed by atoms with E-state index in [0.29, 0.717) is 25.3 Å². The Morgan fingerprint density at radius 3 is 2.73 bits per heavy atom. The number of nitrogens with zero attached hydrogens (tertiary/aromatic N) is 2. The van der Waals surface area contributed by atoms with Crippen LogP contribution in [0.2, 0.25) is 0 Å². The van der Waals surface area contributed by atoms with Crippen molar-refractivity contribution in [1.29, 1.82) is 0 Å². The number of benzene rings is 3. The zero-order valence-corrected chi connectivity index (χ0v) is 18.2. The van der Waals surface area contributed by atoms with Crippen LogP contribution in [0.1, 0.15) is 21.7 Å². The summed E-state index contributed by atoms with van der Waals surface area (Å²) >= 11 is 3.40. The second-order valence-electron chi connectivity index (χ2n) is 7.03. The molecule has 4 rings (SSSR count). The smallest absolute Gasteiger partial charge is 0.251 e. The van der Waals surface area contributed by atoms with E-state index in [1.807, 2.05) is 67.6 Å². The van der Waals surface area contributed by atoms with Crippen molar-refractivity contribution in [2.24, 2.45) is 0 Å². The van der Waals surface area contributed by atoms with Crippen molar-refractivity contribution in [1.82, 2.24) is 14.9 Å². The largest absolute Gasteiger partial charge is 0.492 e. The van der Waals surface area contributed by atoms with Crippen LogP contribution in [0.25, 0.3) is 11.0 Å². The molecule has 1 aromatic heterocycles. The summed E-state index contributed by atoms with van der Waals surface area (Å²) in [4.78, 5) is 17.3. The van der Waals surface area contributed by atoms with Gasteiger partial charge in [-0.05, 0) is 55.0 Å². The quantitative estimate of drug-likeness (QED) is 0.413. The third-order valence-corrected chi connectivity index (χ3v) is 5.29. The summed E-state index contributed by atoms with van der Waals surface area (Å²) in [5.41, 5.74) is 3.70. The highest BCUT2D eigenvalue weighted by Gasteiger charge is 2.13. The SMILES string of the molecule is Cc1cccc(OCCn2c(CNC(=O)c3cccc(Br)c3)nc3ccccc32)c1. The fourth-order valence-electron chi connectivity index (χ4n) is 3.36. The molecule has 0 spiro atoms. The first-order chi connectivity index (χ1) is 14.6. The molecule has 0 unspecified atom stereocenters. The van der Waals surface area contributed by atoms with Crippen molar-refractivity contribution in [3.05, 3.63) is 94.2 Å². The molecule has 0 bridgehead atoms. The number of para-hydroxylation sites is 2. The van der Waals surface area contributed by atoms with Gasteiger partial charge in [-0.1, -0.05) is 46.3 Å². The van der Waals surface area contributed by atoms with Crippen LogP contribution in [-0.4, -0.2) is 22.1 Å². The van der Waals surface area contributed by atoms with Crippen molar-refractivity contribution in [3.63, 3.8) is 0 Å². The van der Waals surface area contributed by atoms with Gasteiger partial charge in [0, 0.05) is 10.0 Å². The molecule has 3 aromatic carbocycles. The predicted octanol–water partition coefficient (Wildman–Crippen LogP) is 5.12. The standard InChI is InChI=1S/C24H22BrN3O2/c1-17-6-4-9-20(14-17)30-13-12-28-22-11-3-2-10-21(22)27-23(28)16-26-24(29)18-7-5-8-19(25)15-18/h2-11,14-15H,12-13,16H2,1H3,(H,26,29). The Balaban J connectivity index is 1.49. The lowest BCUT2D eigenvalue weighted by Crippen LogP contribution is -2.25. The second-order valence-corrected chi connectivity index (χ2v) is 7.94. The highest BCUT2D eigenvalue weighted by molar-refractivity contribution is 9.10. The number of carbonyl (C=O) groups is 1. The molecule has 6 heteroatoms. The summed E-state index contributed by atoms with van der Waals surface area (Å²) in [6.45, 7) is 3.53.